The van der Waals surface area contributed by atoms with Crippen LogP contribution in [0.2, 0.25) is 0 Å². The number of fused-ring (bicyclic) bond motifs is 2. The number of hydrogen-bond donors (Lipinski definition) is 1. The van der Waals surface area contributed by atoms with Gasteiger partial charge in [0.2, 0.25) is 0 Å². The number of nitrogens with zero attached hydrogens (tertiary/aromatic N) is 5. The van der Waals surface area contributed by atoms with Gasteiger partial charge < -0.3 is 28.8 Å². The zero-order chi connectivity index (χ0) is 43.7. The topological polar surface area (TPSA) is 106 Å². The van der Waals surface area contributed by atoms with E-state index in [2.05, 4.69) is 36.5 Å². The van der Waals surface area contributed by atoms with Gasteiger partial charge in [-0.15, -0.1) is 0 Å². The Morgan fingerprint density at radius 3 is 1.70 bits per heavy atom. The number of aromatic amines is 1. The number of aromatic nitrogens is 4. The van der Waals surface area contributed by atoms with Crippen LogP contribution in [0.4, 0.5) is 18.4 Å². The molecule has 8 rings (SSSR count). The highest BCUT2D eigenvalue weighted by molar-refractivity contribution is 9.08. The molecule has 0 unspecified atom stereocenters. The number of alkyl halides is 1. The minimum Gasteiger partial charge on any atom is -0.444 e. The van der Waals surface area contributed by atoms with Crippen molar-refractivity contribution in [2.45, 2.75) is 102 Å². The lowest BCUT2D eigenvalue weighted by Crippen LogP contribution is -2.41. The first-order valence-electron chi connectivity index (χ1n) is 21.0. The molecule has 2 aliphatic heterocycles. The maximum atomic E-state index is 13.7. The maximum absolute atomic E-state index is 13.7. The van der Waals surface area contributed by atoms with Crippen molar-refractivity contribution in [1.82, 2.24) is 29.3 Å². The number of likely N-dealkylation sites (tertiary alicyclic amines) is 2. The number of amides is 2. The van der Waals surface area contributed by atoms with Crippen LogP contribution in [0.25, 0.3) is 22.1 Å². The van der Waals surface area contributed by atoms with Gasteiger partial charge in [-0.1, -0.05) is 64.5 Å². The average Bonchev–Trinajstić information content (AvgIpc) is 3.82. The van der Waals surface area contributed by atoms with Gasteiger partial charge in [0.05, 0.1) is 22.1 Å². The SMILES string of the molecule is CC(C)(C)OC(=O)N1CCC(c2nc3ccccc3[nH]2)CC1.CC(C)(C)OC(=O)N1CCC(c2nc3ccccc3n2Cc2cccc(F)c2)CC1.Fc1cccc(CBr)c1. The second-order valence-corrected chi connectivity index (χ2v) is 18.1. The lowest BCUT2D eigenvalue weighted by Gasteiger charge is -2.33. The Kier molecular flexibility index (Phi) is 14.9. The molecule has 324 valence electrons. The monoisotopic (exact) mass is 898 g/mol. The summed E-state index contributed by atoms with van der Waals surface area (Å²) in [6.07, 6.45) is 3.01. The Morgan fingerprint density at radius 1 is 0.672 bits per heavy atom. The molecule has 6 aromatic rings. The summed E-state index contributed by atoms with van der Waals surface area (Å²) in [4.78, 5) is 41.0. The van der Waals surface area contributed by atoms with Crippen LogP contribution in [0.3, 0.4) is 0 Å². The Labute approximate surface area is 365 Å². The standard InChI is InChI=1S/C24H28FN3O2.C17H23N3O2.C7H6BrF/c1-24(2,3)30-23(29)27-13-11-18(12-14-27)22-26-20-9-4-5-10-21(20)28(22)16-17-7-6-8-19(25)15-17;1-17(2,3)22-16(21)20-10-8-12(9-11-20)15-18-13-6-4-5-7-14(13)19-15;8-5-6-2-1-3-7(9)4-6/h4-10,15,18H,11-14,16H2,1-3H3;4-7,12H,8-11H2,1-3H3,(H,18,19);1-4H,5H2. The van der Waals surface area contributed by atoms with Crippen molar-refractivity contribution in [3.8, 4) is 0 Å². The van der Waals surface area contributed by atoms with Crippen LogP contribution in [0, 0.1) is 11.6 Å². The molecule has 2 amide bonds. The zero-order valence-corrected chi connectivity index (χ0v) is 37.6. The molecule has 2 saturated heterocycles. The molecule has 2 aliphatic rings. The van der Waals surface area contributed by atoms with Crippen LogP contribution in [0.5, 0.6) is 0 Å². The summed E-state index contributed by atoms with van der Waals surface area (Å²) in [5.41, 5.74) is 5.02. The predicted molar refractivity (Wildman–Crippen MR) is 240 cm³/mol. The normalized spacial score (nSPS) is 15.2. The second kappa shape index (κ2) is 20.0. The molecule has 0 radical (unpaired) electrons. The van der Waals surface area contributed by atoms with Crippen LogP contribution in [0.1, 0.15) is 102 Å². The van der Waals surface area contributed by atoms with Crippen LogP contribution in [-0.4, -0.2) is 78.9 Å². The molecule has 0 spiro atoms. The Hall–Kier alpha value is -5.30. The van der Waals surface area contributed by atoms with E-state index in [1.807, 2.05) is 96.1 Å². The number of piperidine rings is 2. The van der Waals surface area contributed by atoms with E-state index in [1.54, 1.807) is 28.0 Å². The highest BCUT2D eigenvalue weighted by Gasteiger charge is 2.31. The van der Waals surface area contributed by atoms with E-state index in [-0.39, 0.29) is 29.7 Å². The number of imidazole rings is 2. The largest absolute Gasteiger partial charge is 0.444 e. The van der Waals surface area contributed by atoms with Gasteiger partial charge in [0.15, 0.2) is 0 Å². The fourth-order valence-electron chi connectivity index (χ4n) is 7.48. The number of carbonyl (C=O) groups is 2. The van der Waals surface area contributed by atoms with E-state index < -0.39 is 11.2 Å². The second-order valence-electron chi connectivity index (χ2n) is 17.6. The van der Waals surface area contributed by atoms with Crippen LogP contribution >= 0.6 is 15.9 Å². The van der Waals surface area contributed by atoms with Crippen molar-refractivity contribution >= 4 is 50.2 Å². The summed E-state index contributed by atoms with van der Waals surface area (Å²) < 4.78 is 39.2. The number of hydrogen-bond acceptors (Lipinski definition) is 6. The molecule has 1 N–H and O–H groups in total. The van der Waals surface area contributed by atoms with Crippen LogP contribution in [0.15, 0.2) is 97.1 Å². The summed E-state index contributed by atoms with van der Waals surface area (Å²) in [5.74, 6) is 2.25. The molecule has 13 heteroatoms. The quantitative estimate of drug-likeness (QED) is 0.173. The van der Waals surface area contributed by atoms with Crippen molar-refractivity contribution < 1.29 is 27.8 Å². The molecule has 0 aliphatic carbocycles. The number of benzene rings is 4. The van der Waals surface area contributed by atoms with Crippen molar-refractivity contribution in [2.75, 3.05) is 26.2 Å². The van der Waals surface area contributed by atoms with Gasteiger partial charge in [0.1, 0.15) is 34.5 Å². The van der Waals surface area contributed by atoms with Gasteiger partial charge in [-0.2, -0.15) is 0 Å². The van der Waals surface area contributed by atoms with Gasteiger partial charge in [-0.05, 0) is 127 Å². The van der Waals surface area contributed by atoms with Crippen LogP contribution < -0.4 is 0 Å². The molecule has 2 aromatic heterocycles. The number of nitrogens with one attached hydrogen (secondary N) is 1. The van der Waals surface area contributed by atoms with Gasteiger partial charge in [0, 0.05) is 49.9 Å². The first-order valence-corrected chi connectivity index (χ1v) is 22.1. The first kappa shape index (κ1) is 45.2. The number of H-pyrrole nitrogens is 1. The lowest BCUT2D eigenvalue weighted by molar-refractivity contribution is 0.0192. The fourth-order valence-corrected chi connectivity index (χ4v) is 7.83. The minimum absolute atomic E-state index is 0.174. The van der Waals surface area contributed by atoms with E-state index in [9.17, 15) is 18.4 Å². The van der Waals surface area contributed by atoms with E-state index in [0.717, 1.165) is 83.6 Å². The highest BCUT2D eigenvalue weighted by atomic mass is 79.9. The summed E-state index contributed by atoms with van der Waals surface area (Å²) in [5, 5.41) is 0.713. The molecule has 4 aromatic carbocycles. The number of rotatable bonds is 5. The van der Waals surface area contributed by atoms with Gasteiger partial charge in [-0.3, -0.25) is 0 Å². The molecular formula is C48H57BrF2N6O4. The molecule has 2 fully saturated rings. The van der Waals surface area contributed by atoms with Gasteiger partial charge in [0.25, 0.3) is 0 Å². The molecule has 61 heavy (non-hydrogen) atoms. The summed E-state index contributed by atoms with van der Waals surface area (Å²) in [6, 6.07) is 29.3. The van der Waals surface area contributed by atoms with E-state index in [1.165, 1.54) is 18.2 Å². The van der Waals surface area contributed by atoms with Crippen molar-refractivity contribution in [3.05, 3.63) is 131 Å². The molecule has 0 saturated carbocycles. The third-order valence-corrected chi connectivity index (χ3v) is 11.1. The minimum atomic E-state index is -0.493. The number of ether oxygens (including phenoxy) is 2. The highest BCUT2D eigenvalue weighted by Crippen LogP contribution is 2.32. The smallest absolute Gasteiger partial charge is 0.410 e. The molecular weight excluding hydrogens is 842 g/mol. The van der Waals surface area contributed by atoms with Crippen molar-refractivity contribution in [2.24, 2.45) is 0 Å². The van der Waals surface area contributed by atoms with Gasteiger partial charge >= 0.3 is 12.2 Å². The fraction of sp³-hybridized carbons (Fsp3) is 0.417. The van der Waals surface area contributed by atoms with E-state index >= 15 is 0 Å². The lowest BCUT2D eigenvalue weighted by atomic mass is 9.96. The first-order chi connectivity index (χ1) is 29.0. The average molecular weight is 900 g/mol. The third kappa shape index (κ3) is 12.9. The van der Waals surface area contributed by atoms with Gasteiger partial charge in [-0.25, -0.2) is 28.3 Å². The summed E-state index contributed by atoms with van der Waals surface area (Å²) in [6.45, 7) is 14.6. The number of para-hydroxylation sites is 4. The Bertz CT molecular complexity index is 2350. The third-order valence-electron chi connectivity index (χ3n) is 10.4. The van der Waals surface area contributed by atoms with E-state index in [0.29, 0.717) is 30.9 Å². The number of halogens is 3. The summed E-state index contributed by atoms with van der Waals surface area (Å²) >= 11 is 3.22. The predicted octanol–water partition coefficient (Wildman–Crippen LogP) is 11.7. The Morgan fingerprint density at radius 2 is 1.18 bits per heavy atom. The molecule has 0 atom stereocenters. The zero-order valence-electron chi connectivity index (χ0n) is 36.0. The Balaban J connectivity index is 0.000000175. The molecule has 4 heterocycles. The maximum Gasteiger partial charge on any atom is 0.410 e. The van der Waals surface area contributed by atoms with Crippen LogP contribution in [-0.2, 0) is 21.3 Å². The van der Waals surface area contributed by atoms with Crippen molar-refractivity contribution in [3.63, 3.8) is 0 Å². The van der Waals surface area contributed by atoms with Crippen molar-refractivity contribution in [1.29, 1.82) is 0 Å². The summed E-state index contributed by atoms with van der Waals surface area (Å²) in [7, 11) is 0. The molecule has 10 nitrogen and oxygen atoms in total. The number of carbonyl (C=O) groups excluding carboxylic acids is 2. The molecule has 0 bridgehead atoms. The van der Waals surface area contributed by atoms with E-state index in [4.69, 9.17) is 14.5 Å².